The molecule has 0 aromatic heterocycles. The van der Waals surface area contributed by atoms with Crippen molar-refractivity contribution < 1.29 is 43.1 Å². The second-order valence-electron chi connectivity index (χ2n) is 8.84. The van der Waals surface area contributed by atoms with E-state index in [1.165, 1.54) is 0 Å². The fourth-order valence-corrected chi connectivity index (χ4v) is 4.37. The van der Waals surface area contributed by atoms with E-state index in [1.807, 2.05) is 36.4 Å². The van der Waals surface area contributed by atoms with E-state index in [1.54, 1.807) is 71.6 Å². The summed E-state index contributed by atoms with van der Waals surface area (Å²) in [7, 11) is 4.71. The van der Waals surface area contributed by atoms with E-state index in [-0.39, 0.29) is 13.2 Å². The van der Waals surface area contributed by atoms with Gasteiger partial charge in [0.05, 0.1) is 47.8 Å². The maximum Gasteiger partial charge on any atom is 0.328 e. The van der Waals surface area contributed by atoms with Crippen molar-refractivity contribution in [3.63, 3.8) is 0 Å². The van der Waals surface area contributed by atoms with Crippen molar-refractivity contribution in [1.29, 1.82) is 0 Å². The highest BCUT2D eigenvalue weighted by atomic mass is 16.6. The molecule has 40 heavy (non-hydrogen) atoms. The molecule has 3 rings (SSSR count). The molecule has 1 N–H and O–H groups in total. The van der Waals surface area contributed by atoms with E-state index < -0.39 is 36.2 Å². The lowest BCUT2D eigenvalue weighted by atomic mass is 9.79. The Kier molecular flexibility index (Phi) is 10.5. The highest BCUT2D eigenvalue weighted by Gasteiger charge is 2.52. The molecule has 0 unspecified atom stereocenters. The van der Waals surface area contributed by atoms with E-state index in [4.69, 9.17) is 28.4 Å². The van der Waals surface area contributed by atoms with E-state index in [9.17, 15) is 14.7 Å². The number of rotatable bonds is 14. The second-order valence-corrected chi connectivity index (χ2v) is 8.84. The SMILES string of the molecule is CCOC(=O)C(CO)(COC(c1ccc(OC)cc1)(c1ccc(OC)cc1)c1ccc(OC)cc1)C(=O)OCC. The first-order valence-corrected chi connectivity index (χ1v) is 12.9. The Labute approximate surface area is 234 Å². The normalized spacial score (nSPS) is 11.4. The Bertz CT molecular complexity index is 1100. The summed E-state index contributed by atoms with van der Waals surface area (Å²) < 4.78 is 33.3. The first-order valence-electron chi connectivity index (χ1n) is 12.9. The summed E-state index contributed by atoms with van der Waals surface area (Å²) in [6, 6.07) is 21.7. The Morgan fingerprint density at radius 2 is 0.950 bits per heavy atom. The molecule has 3 aromatic rings. The molecular weight excluding hydrogens is 516 g/mol. The van der Waals surface area contributed by atoms with Crippen LogP contribution in [0.4, 0.5) is 0 Å². The number of methoxy groups -OCH3 is 3. The summed E-state index contributed by atoms with van der Waals surface area (Å²) in [6.07, 6.45) is 0. The van der Waals surface area contributed by atoms with Crippen molar-refractivity contribution in [2.24, 2.45) is 5.41 Å². The maximum absolute atomic E-state index is 13.2. The first kappa shape index (κ1) is 30.5. The zero-order valence-corrected chi connectivity index (χ0v) is 23.5. The Morgan fingerprint density at radius 1 is 0.625 bits per heavy atom. The lowest BCUT2D eigenvalue weighted by Gasteiger charge is -2.39. The molecular formula is C31H36O9. The van der Waals surface area contributed by atoms with Gasteiger partial charge in [-0.3, -0.25) is 9.59 Å². The number of hydrogen-bond acceptors (Lipinski definition) is 9. The summed E-state index contributed by atoms with van der Waals surface area (Å²) in [6.45, 7) is 1.80. The Hall–Kier alpha value is -4.08. The monoisotopic (exact) mass is 552 g/mol. The number of benzene rings is 3. The van der Waals surface area contributed by atoms with Gasteiger partial charge in [0.1, 0.15) is 22.8 Å². The minimum atomic E-state index is -2.12. The Balaban J connectivity index is 2.30. The van der Waals surface area contributed by atoms with Crippen molar-refractivity contribution in [3.8, 4) is 17.2 Å². The summed E-state index contributed by atoms with van der Waals surface area (Å²) in [5.74, 6) is 0.00711. The first-order chi connectivity index (χ1) is 19.3. The van der Waals surface area contributed by atoms with E-state index >= 15 is 0 Å². The molecule has 9 heteroatoms. The third-order valence-corrected chi connectivity index (χ3v) is 6.63. The topological polar surface area (TPSA) is 110 Å². The third-order valence-electron chi connectivity index (χ3n) is 6.63. The summed E-state index contributed by atoms with van der Waals surface area (Å²) in [5, 5.41) is 10.5. The molecule has 9 nitrogen and oxygen atoms in total. The molecule has 0 radical (unpaired) electrons. The fraction of sp³-hybridized carbons (Fsp3) is 0.355. The van der Waals surface area contributed by atoms with Gasteiger partial charge in [-0.25, -0.2) is 0 Å². The minimum Gasteiger partial charge on any atom is -0.497 e. The van der Waals surface area contributed by atoms with Gasteiger partial charge in [-0.1, -0.05) is 36.4 Å². The van der Waals surface area contributed by atoms with E-state index in [2.05, 4.69) is 0 Å². The lowest BCUT2D eigenvalue weighted by Crippen LogP contribution is -2.51. The molecule has 0 saturated carbocycles. The fourth-order valence-electron chi connectivity index (χ4n) is 4.37. The number of carbonyl (C=O) groups excluding carboxylic acids is 2. The maximum atomic E-state index is 13.2. The Morgan fingerprint density at radius 3 is 1.20 bits per heavy atom. The largest absolute Gasteiger partial charge is 0.497 e. The molecule has 214 valence electrons. The number of hydrogen-bond donors (Lipinski definition) is 1. The van der Waals surface area contributed by atoms with Gasteiger partial charge in [0.25, 0.3) is 0 Å². The summed E-state index contributed by atoms with van der Waals surface area (Å²) in [4.78, 5) is 26.4. The molecule has 0 aliphatic carbocycles. The van der Waals surface area contributed by atoms with Crippen LogP contribution in [0.15, 0.2) is 72.8 Å². The van der Waals surface area contributed by atoms with E-state index in [0.717, 1.165) is 0 Å². The molecule has 0 fully saturated rings. The number of aliphatic hydroxyl groups excluding tert-OH is 1. The van der Waals surface area contributed by atoms with Gasteiger partial charge in [-0.05, 0) is 66.9 Å². The van der Waals surface area contributed by atoms with Crippen molar-refractivity contribution in [2.45, 2.75) is 19.4 Å². The van der Waals surface area contributed by atoms with Crippen LogP contribution in [-0.2, 0) is 29.4 Å². The average Bonchev–Trinajstić information content (AvgIpc) is 3.00. The lowest BCUT2D eigenvalue weighted by molar-refractivity contribution is -0.184. The molecule has 0 aliphatic rings. The third kappa shape index (κ3) is 6.05. The summed E-state index contributed by atoms with van der Waals surface area (Å²) in [5.41, 5.74) is -1.48. The van der Waals surface area contributed by atoms with Gasteiger partial charge in [-0.15, -0.1) is 0 Å². The molecule has 0 heterocycles. The van der Waals surface area contributed by atoms with Crippen molar-refractivity contribution in [3.05, 3.63) is 89.5 Å². The predicted octanol–water partition coefficient (Wildman–Crippen LogP) is 4.13. The van der Waals surface area contributed by atoms with Crippen molar-refractivity contribution >= 4 is 11.9 Å². The highest BCUT2D eigenvalue weighted by molar-refractivity contribution is 6.00. The molecule has 0 atom stereocenters. The van der Waals surface area contributed by atoms with Gasteiger partial charge in [-0.2, -0.15) is 0 Å². The van der Waals surface area contributed by atoms with E-state index in [0.29, 0.717) is 33.9 Å². The van der Waals surface area contributed by atoms with Gasteiger partial charge >= 0.3 is 11.9 Å². The van der Waals surface area contributed by atoms with Crippen LogP contribution in [0.3, 0.4) is 0 Å². The van der Waals surface area contributed by atoms with Gasteiger partial charge in [0.2, 0.25) is 5.41 Å². The van der Waals surface area contributed by atoms with Crippen LogP contribution in [0.25, 0.3) is 0 Å². The van der Waals surface area contributed by atoms with Crippen LogP contribution in [0.5, 0.6) is 17.2 Å². The van der Waals surface area contributed by atoms with Crippen LogP contribution in [0.2, 0.25) is 0 Å². The molecule has 0 saturated heterocycles. The van der Waals surface area contributed by atoms with Gasteiger partial charge in [0, 0.05) is 0 Å². The van der Waals surface area contributed by atoms with Crippen LogP contribution in [0, 0.1) is 5.41 Å². The molecule has 0 aliphatic heterocycles. The van der Waals surface area contributed by atoms with Crippen LogP contribution >= 0.6 is 0 Å². The standard InChI is InChI=1S/C31H36O9/c1-6-38-28(33)30(20-32,29(34)39-7-2)21-40-31(22-8-14-25(35-3)15-9-22,23-10-16-26(36-4)17-11-23)24-12-18-27(37-5)19-13-24/h8-19,32H,6-7,20-21H2,1-5H3. The van der Waals surface area contributed by atoms with Crippen molar-refractivity contribution in [1.82, 2.24) is 0 Å². The average molecular weight is 553 g/mol. The smallest absolute Gasteiger partial charge is 0.328 e. The number of esters is 2. The van der Waals surface area contributed by atoms with Gasteiger partial charge < -0.3 is 33.5 Å². The quantitative estimate of drug-likeness (QED) is 0.179. The predicted molar refractivity (Wildman–Crippen MR) is 148 cm³/mol. The zero-order chi connectivity index (χ0) is 29.2. The second kappa shape index (κ2) is 13.8. The summed E-state index contributed by atoms with van der Waals surface area (Å²) >= 11 is 0. The minimum absolute atomic E-state index is 0.000566. The van der Waals surface area contributed by atoms with Crippen LogP contribution in [0.1, 0.15) is 30.5 Å². The van der Waals surface area contributed by atoms with Crippen LogP contribution in [-0.4, -0.2) is 64.8 Å². The zero-order valence-electron chi connectivity index (χ0n) is 23.5. The number of aliphatic hydroxyl groups is 1. The van der Waals surface area contributed by atoms with Crippen LogP contribution < -0.4 is 14.2 Å². The number of carbonyl (C=O) groups is 2. The molecule has 0 amide bonds. The molecule has 0 spiro atoms. The molecule has 3 aromatic carbocycles. The molecule has 0 bridgehead atoms. The van der Waals surface area contributed by atoms with Gasteiger partial charge in [0.15, 0.2) is 0 Å². The van der Waals surface area contributed by atoms with Crippen molar-refractivity contribution in [2.75, 3.05) is 47.8 Å². The number of ether oxygens (including phenoxy) is 6. The highest BCUT2D eigenvalue weighted by Crippen LogP contribution is 2.43.